The first kappa shape index (κ1) is 21.5. The van der Waals surface area contributed by atoms with Crippen LogP contribution in [0.3, 0.4) is 0 Å². The first-order chi connectivity index (χ1) is 14.9. The summed E-state index contributed by atoms with van der Waals surface area (Å²) in [4.78, 5) is 17.1. The lowest BCUT2D eigenvalue weighted by atomic mass is 9.77. The van der Waals surface area contributed by atoms with Crippen LogP contribution in [0.1, 0.15) is 12.0 Å². The zero-order chi connectivity index (χ0) is 22.1. The number of aliphatic hydroxyl groups is 2. The maximum absolute atomic E-state index is 13.2. The normalized spacial score (nSPS) is 27.4. The highest BCUT2D eigenvalue weighted by atomic mass is 32.1. The Labute approximate surface area is 187 Å². The zero-order valence-electron chi connectivity index (χ0n) is 17.6. The Balaban J connectivity index is 1.60. The molecule has 0 aromatic heterocycles. The minimum atomic E-state index is -1.01. The lowest BCUT2D eigenvalue weighted by Gasteiger charge is -2.41. The SMILES string of the molecule is CN(C)c1ccc(N2C(=S)N[C@H]3[C@@H](O)[C@H](O)C[C@@H](C(=O)NCc4ccccc4)[C@H]32)cc1. The van der Waals surface area contributed by atoms with Crippen molar-refractivity contribution in [3.05, 3.63) is 60.2 Å². The third kappa shape index (κ3) is 4.23. The summed E-state index contributed by atoms with van der Waals surface area (Å²) in [5.41, 5.74) is 2.90. The van der Waals surface area contributed by atoms with Gasteiger partial charge in [-0.15, -0.1) is 0 Å². The van der Waals surface area contributed by atoms with Crippen molar-refractivity contribution in [2.45, 2.75) is 37.3 Å². The Morgan fingerprint density at radius 2 is 1.84 bits per heavy atom. The molecule has 8 heteroatoms. The molecule has 1 saturated heterocycles. The van der Waals surface area contributed by atoms with Gasteiger partial charge < -0.3 is 30.6 Å². The van der Waals surface area contributed by atoms with Gasteiger partial charge in [0.25, 0.3) is 0 Å². The summed E-state index contributed by atoms with van der Waals surface area (Å²) in [6.07, 6.45) is -1.84. The standard InChI is InChI=1S/C23H28N4O3S/c1-26(2)15-8-10-16(11-9-15)27-20-17(12-18(28)21(29)19(20)25-23(27)31)22(30)24-13-14-6-4-3-5-7-14/h3-11,17-21,28-29H,12-13H2,1-2H3,(H,24,30)(H,25,31)/t17-,18-,19-,20-,21+/m1/s1. The average Bonchev–Trinajstić information content (AvgIpc) is 3.12. The third-order valence-corrected chi connectivity index (χ3v) is 6.45. The van der Waals surface area contributed by atoms with Crippen LogP contribution in [0.2, 0.25) is 0 Å². The number of rotatable bonds is 5. The molecular formula is C23H28N4O3S. The maximum Gasteiger partial charge on any atom is 0.225 e. The smallest absolute Gasteiger partial charge is 0.225 e. The molecule has 1 amide bonds. The molecule has 1 aliphatic carbocycles. The highest BCUT2D eigenvalue weighted by Gasteiger charge is 2.53. The van der Waals surface area contributed by atoms with E-state index in [4.69, 9.17) is 12.2 Å². The molecule has 164 valence electrons. The fraction of sp³-hybridized carbons (Fsp3) is 0.391. The molecule has 2 aromatic carbocycles. The van der Waals surface area contributed by atoms with Crippen LogP contribution in [-0.4, -0.2) is 59.6 Å². The summed E-state index contributed by atoms with van der Waals surface area (Å²) >= 11 is 5.57. The Morgan fingerprint density at radius 3 is 2.48 bits per heavy atom. The third-order valence-electron chi connectivity index (χ3n) is 6.14. The van der Waals surface area contributed by atoms with E-state index >= 15 is 0 Å². The zero-order valence-corrected chi connectivity index (χ0v) is 18.4. The van der Waals surface area contributed by atoms with Crippen molar-refractivity contribution in [2.75, 3.05) is 23.9 Å². The summed E-state index contributed by atoms with van der Waals surface area (Å²) in [5, 5.41) is 27.6. The Morgan fingerprint density at radius 1 is 1.16 bits per heavy atom. The number of carbonyl (C=O) groups excluding carboxylic acids is 1. The van der Waals surface area contributed by atoms with Gasteiger partial charge in [0.1, 0.15) is 6.10 Å². The van der Waals surface area contributed by atoms with Gasteiger partial charge in [-0.05, 0) is 48.5 Å². The highest BCUT2D eigenvalue weighted by molar-refractivity contribution is 7.80. The van der Waals surface area contributed by atoms with E-state index in [0.29, 0.717) is 11.7 Å². The predicted molar refractivity (Wildman–Crippen MR) is 125 cm³/mol. The van der Waals surface area contributed by atoms with Crippen molar-refractivity contribution < 1.29 is 15.0 Å². The summed E-state index contributed by atoms with van der Waals surface area (Å²) in [6.45, 7) is 0.404. The van der Waals surface area contributed by atoms with Gasteiger partial charge in [-0.1, -0.05) is 30.3 Å². The number of anilines is 2. The van der Waals surface area contributed by atoms with Crippen LogP contribution in [0.15, 0.2) is 54.6 Å². The van der Waals surface area contributed by atoms with Gasteiger partial charge in [-0.2, -0.15) is 0 Å². The number of nitrogens with zero attached hydrogens (tertiary/aromatic N) is 2. The Bertz CT molecular complexity index is 938. The molecule has 0 spiro atoms. The van der Waals surface area contributed by atoms with E-state index in [1.54, 1.807) is 0 Å². The number of fused-ring (bicyclic) bond motifs is 1. The first-order valence-corrected chi connectivity index (χ1v) is 10.8. The lowest BCUT2D eigenvalue weighted by molar-refractivity contribution is -0.131. The van der Waals surface area contributed by atoms with Gasteiger partial charge >= 0.3 is 0 Å². The number of benzene rings is 2. The van der Waals surface area contributed by atoms with Crippen LogP contribution in [-0.2, 0) is 11.3 Å². The number of carbonyl (C=O) groups is 1. The monoisotopic (exact) mass is 440 g/mol. The minimum Gasteiger partial charge on any atom is -0.390 e. The summed E-state index contributed by atoms with van der Waals surface area (Å²) < 4.78 is 0. The van der Waals surface area contributed by atoms with Crippen molar-refractivity contribution in [1.29, 1.82) is 0 Å². The van der Waals surface area contributed by atoms with Crippen molar-refractivity contribution >= 4 is 34.6 Å². The van der Waals surface area contributed by atoms with Gasteiger partial charge in [-0.25, -0.2) is 0 Å². The van der Waals surface area contributed by atoms with E-state index in [0.717, 1.165) is 16.9 Å². The van der Waals surface area contributed by atoms with Crippen LogP contribution < -0.4 is 20.4 Å². The predicted octanol–water partition coefficient (Wildman–Crippen LogP) is 1.24. The average molecular weight is 441 g/mol. The number of amides is 1. The Hall–Kier alpha value is -2.68. The quantitative estimate of drug-likeness (QED) is 0.521. The second-order valence-electron chi connectivity index (χ2n) is 8.35. The van der Waals surface area contributed by atoms with E-state index < -0.39 is 30.2 Å². The summed E-state index contributed by atoms with van der Waals surface area (Å²) in [5.74, 6) is -0.695. The van der Waals surface area contributed by atoms with Crippen LogP contribution in [0, 0.1) is 5.92 Å². The number of hydrogen-bond donors (Lipinski definition) is 4. The van der Waals surface area contributed by atoms with Gasteiger partial charge in [0.2, 0.25) is 5.91 Å². The number of thiocarbonyl (C=S) groups is 1. The van der Waals surface area contributed by atoms with E-state index in [2.05, 4.69) is 10.6 Å². The van der Waals surface area contributed by atoms with Gasteiger partial charge in [0, 0.05) is 32.0 Å². The summed E-state index contributed by atoms with van der Waals surface area (Å²) in [7, 11) is 3.94. The van der Waals surface area contributed by atoms with Crippen LogP contribution in [0.5, 0.6) is 0 Å². The van der Waals surface area contributed by atoms with E-state index in [-0.39, 0.29) is 12.3 Å². The van der Waals surface area contributed by atoms with Gasteiger partial charge in [0.15, 0.2) is 5.11 Å². The molecule has 4 N–H and O–H groups in total. The van der Waals surface area contributed by atoms with E-state index in [1.807, 2.05) is 78.5 Å². The summed E-state index contributed by atoms with van der Waals surface area (Å²) in [6, 6.07) is 16.7. The van der Waals surface area contributed by atoms with Crippen molar-refractivity contribution in [3.63, 3.8) is 0 Å². The molecule has 0 unspecified atom stereocenters. The molecule has 2 fully saturated rings. The molecule has 0 radical (unpaired) electrons. The molecule has 1 saturated carbocycles. The van der Waals surface area contributed by atoms with E-state index in [9.17, 15) is 15.0 Å². The van der Waals surface area contributed by atoms with Crippen molar-refractivity contribution in [2.24, 2.45) is 5.92 Å². The van der Waals surface area contributed by atoms with Crippen LogP contribution >= 0.6 is 12.2 Å². The fourth-order valence-corrected chi connectivity index (χ4v) is 4.83. The Kier molecular flexibility index (Phi) is 6.13. The topological polar surface area (TPSA) is 88.1 Å². The largest absolute Gasteiger partial charge is 0.390 e. The van der Waals surface area contributed by atoms with Crippen molar-refractivity contribution in [1.82, 2.24) is 10.6 Å². The lowest BCUT2D eigenvalue weighted by Crippen LogP contribution is -2.60. The molecule has 1 heterocycles. The molecule has 0 bridgehead atoms. The minimum absolute atomic E-state index is 0.161. The first-order valence-electron chi connectivity index (χ1n) is 10.4. The van der Waals surface area contributed by atoms with Gasteiger partial charge in [-0.3, -0.25) is 4.79 Å². The number of nitrogens with one attached hydrogen (secondary N) is 2. The van der Waals surface area contributed by atoms with Gasteiger partial charge in [0.05, 0.1) is 24.1 Å². The molecule has 1 aliphatic heterocycles. The molecule has 2 aliphatic rings. The van der Waals surface area contributed by atoms with Crippen LogP contribution in [0.25, 0.3) is 0 Å². The number of hydrogen-bond acceptors (Lipinski definition) is 5. The fourth-order valence-electron chi connectivity index (χ4n) is 4.47. The highest BCUT2D eigenvalue weighted by Crippen LogP contribution is 2.37. The molecule has 2 aromatic rings. The molecule has 31 heavy (non-hydrogen) atoms. The molecule has 5 atom stereocenters. The van der Waals surface area contributed by atoms with Crippen LogP contribution in [0.4, 0.5) is 11.4 Å². The van der Waals surface area contributed by atoms with Crippen molar-refractivity contribution in [3.8, 4) is 0 Å². The van der Waals surface area contributed by atoms with E-state index in [1.165, 1.54) is 0 Å². The maximum atomic E-state index is 13.2. The second-order valence-corrected chi connectivity index (χ2v) is 8.74. The second kappa shape index (κ2) is 8.82. The molecule has 4 rings (SSSR count). The molecular weight excluding hydrogens is 412 g/mol. The number of aliphatic hydroxyl groups excluding tert-OH is 2. The molecule has 7 nitrogen and oxygen atoms in total.